The molecule has 1 N–H and O–H groups in total. The maximum absolute atomic E-state index is 11.8. The highest BCUT2D eigenvalue weighted by atomic mass is 19.4. The number of aliphatic hydroxyl groups is 1. The predicted octanol–water partition coefficient (Wildman–Crippen LogP) is 2.45. The van der Waals surface area contributed by atoms with Crippen LogP contribution in [-0.2, 0) is 4.79 Å². The molecule has 0 aliphatic heterocycles. The molecule has 0 aromatic heterocycles. The molecule has 0 rings (SSSR count). The first kappa shape index (κ1) is 13.4. The molecule has 0 spiro atoms. The Hall–Kier alpha value is -0.580. The van der Waals surface area contributed by atoms with Crippen molar-refractivity contribution in [1.82, 2.24) is 0 Å². The van der Waals surface area contributed by atoms with E-state index >= 15 is 0 Å². The number of hydrogen-bond donors (Lipinski definition) is 1. The predicted molar refractivity (Wildman–Crippen MR) is 45.8 cm³/mol. The van der Waals surface area contributed by atoms with E-state index in [4.69, 9.17) is 5.11 Å². The molecule has 0 radical (unpaired) electrons. The minimum atomic E-state index is -4.82. The molecule has 1 atom stereocenters. The summed E-state index contributed by atoms with van der Waals surface area (Å²) in [5, 5.41) is 8.54. The fourth-order valence-corrected chi connectivity index (χ4v) is 1.05. The van der Waals surface area contributed by atoms with Crippen LogP contribution in [0.4, 0.5) is 13.2 Å². The van der Waals surface area contributed by atoms with E-state index in [-0.39, 0.29) is 6.42 Å². The summed E-state index contributed by atoms with van der Waals surface area (Å²) in [6, 6.07) is 0. The molecule has 5 heteroatoms. The van der Waals surface area contributed by atoms with Crippen molar-refractivity contribution in [3.8, 4) is 0 Å². The molecule has 0 amide bonds. The van der Waals surface area contributed by atoms with Gasteiger partial charge in [0.1, 0.15) is 0 Å². The molecule has 84 valence electrons. The summed E-state index contributed by atoms with van der Waals surface area (Å²) in [4.78, 5) is 10.8. The van der Waals surface area contributed by atoms with Crippen LogP contribution in [0.1, 0.15) is 39.0 Å². The lowest BCUT2D eigenvalue weighted by molar-refractivity contribution is -0.203. The second-order valence-corrected chi connectivity index (χ2v) is 3.22. The fraction of sp³-hybridized carbons (Fsp3) is 0.889. The third-order valence-electron chi connectivity index (χ3n) is 1.89. The first-order valence-electron chi connectivity index (χ1n) is 4.67. The lowest BCUT2D eigenvalue weighted by Crippen LogP contribution is -2.36. The average Bonchev–Trinajstić information content (AvgIpc) is 2.09. The Bertz CT molecular complexity index is 177. The van der Waals surface area contributed by atoms with E-state index in [1.54, 1.807) is 0 Å². The normalized spacial score (nSPS) is 14.1. The number of halogens is 3. The van der Waals surface area contributed by atoms with Crippen molar-refractivity contribution >= 4 is 5.78 Å². The molecular formula is C9H15F3O2. The smallest absolute Gasteiger partial charge is 0.377 e. The van der Waals surface area contributed by atoms with Gasteiger partial charge in [-0.2, -0.15) is 13.2 Å². The molecule has 0 heterocycles. The molecule has 2 nitrogen and oxygen atoms in total. The Morgan fingerprint density at radius 1 is 1.29 bits per heavy atom. The third kappa shape index (κ3) is 5.21. The minimum Gasteiger partial charge on any atom is -0.377 e. The summed E-state index contributed by atoms with van der Waals surface area (Å²) in [6.07, 6.45) is -4.82. The highest BCUT2D eigenvalue weighted by molar-refractivity contribution is 5.83. The molecule has 0 saturated carbocycles. The van der Waals surface area contributed by atoms with Crippen LogP contribution in [0.5, 0.6) is 0 Å². The van der Waals surface area contributed by atoms with Crippen molar-refractivity contribution in [2.45, 2.75) is 51.3 Å². The molecule has 0 saturated heterocycles. The van der Waals surface area contributed by atoms with Crippen LogP contribution < -0.4 is 0 Å². The number of rotatable bonds is 6. The molecule has 0 fully saturated rings. The van der Waals surface area contributed by atoms with Gasteiger partial charge in [-0.15, -0.1) is 0 Å². The van der Waals surface area contributed by atoms with Gasteiger partial charge in [0.2, 0.25) is 6.10 Å². The molecule has 0 aliphatic carbocycles. The Balaban J connectivity index is 3.74. The first-order valence-corrected chi connectivity index (χ1v) is 4.67. The highest BCUT2D eigenvalue weighted by Crippen LogP contribution is 2.22. The molecular weight excluding hydrogens is 197 g/mol. The Labute approximate surface area is 81.1 Å². The van der Waals surface area contributed by atoms with Gasteiger partial charge in [0, 0.05) is 6.42 Å². The maximum atomic E-state index is 11.8. The van der Waals surface area contributed by atoms with Crippen molar-refractivity contribution in [3.63, 3.8) is 0 Å². The monoisotopic (exact) mass is 212 g/mol. The Kier molecular flexibility index (Phi) is 5.76. The van der Waals surface area contributed by atoms with Crippen molar-refractivity contribution in [2.75, 3.05) is 0 Å². The van der Waals surface area contributed by atoms with Gasteiger partial charge < -0.3 is 5.11 Å². The number of Topliss-reactive ketones (excluding diaryl/α,β-unsaturated/α-hetero) is 1. The average molecular weight is 212 g/mol. The van der Waals surface area contributed by atoms with Crippen molar-refractivity contribution < 1.29 is 23.1 Å². The van der Waals surface area contributed by atoms with Gasteiger partial charge in [-0.05, 0) is 6.42 Å². The number of carbonyl (C=O) groups excluding carboxylic acids is 1. The summed E-state index contributed by atoms with van der Waals surface area (Å²) >= 11 is 0. The lowest BCUT2D eigenvalue weighted by Gasteiger charge is -2.12. The molecule has 0 bridgehead atoms. The van der Waals surface area contributed by atoms with Crippen LogP contribution in [0.2, 0.25) is 0 Å². The van der Waals surface area contributed by atoms with Crippen LogP contribution in [0, 0.1) is 0 Å². The second kappa shape index (κ2) is 6.01. The van der Waals surface area contributed by atoms with E-state index in [1.165, 1.54) is 0 Å². The van der Waals surface area contributed by atoms with Crippen LogP contribution in [0.15, 0.2) is 0 Å². The zero-order valence-electron chi connectivity index (χ0n) is 8.10. The first-order chi connectivity index (χ1) is 6.39. The van der Waals surface area contributed by atoms with Crippen molar-refractivity contribution in [3.05, 3.63) is 0 Å². The summed E-state index contributed by atoms with van der Waals surface area (Å²) in [5.41, 5.74) is 0. The van der Waals surface area contributed by atoms with E-state index in [0.29, 0.717) is 6.42 Å². The second-order valence-electron chi connectivity index (χ2n) is 3.22. The van der Waals surface area contributed by atoms with Crippen molar-refractivity contribution in [2.24, 2.45) is 0 Å². The standard InChI is InChI=1S/C9H15F3O2/c1-2-3-4-5-6-7(13)8(14)9(10,11)12/h8,14H,2-6H2,1H3/t8-/m0/s1. The number of aliphatic hydroxyl groups excluding tert-OH is 1. The van der Waals surface area contributed by atoms with Crippen LogP contribution in [-0.4, -0.2) is 23.2 Å². The van der Waals surface area contributed by atoms with Crippen LogP contribution in [0.3, 0.4) is 0 Å². The molecule has 0 aromatic carbocycles. The van der Waals surface area contributed by atoms with Crippen LogP contribution >= 0.6 is 0 Å². The molecule has 14 heavy (non-hydrogen) atoms. The number of ketones is 1. The van der Waals surface area contributed by atoms with E-state index in [1.807, 2.05) is 6.92 Å². The van der Waals surface area contributed by atoms with Gasteiger partial charge in [0.05, 0.1) is 0 Å². The minimum absolute atomic E-state index is 0.194. The molecule has 0 aromatic rings. The van der Waals surface area contributed by atoms with E-state index in [0.717, 1.165) is 19.3 Å². The van der Waals surface area contributed by atoms with Gasteiger partial charge >= 0.3 is 6.18 Å². The van der Waals surface area contributed by atoms with Gasteiger partial charge in [-0.25, -0.2) is 0 Å². The number of alkyl halides is 3. The van der Waals surface area contributed by atoms with E-state index in [2.05, 4.69) is 0 Å². The quantitative estimate of drug-likeness (QED) is 0.686. The summed E-state index contributed by atoms with van der Waals surface area (Å²) in [7, 11) is 0. The zero-order chi connectivity index (χ0) is 11.2. The van der Waals surface area contributed by atoms with Gasteiger partial charge in [-0.3, -0.25) is 4.79 Å². The van der Waals surface area contributed by atoms with E-state index < -0.39 is 18.1 Å². The fourth-order valence-electron chi connectivity index (χ4n) is 1.05. The largest absolute Gasteiger partial charge is 0.421 e. The highest BCUT2D eigenvalue weighted by Gasteiger charge is 2.42. The number of unbranched alkanes of at least 4 members (excludes halogenated alkanes) is 3. The van der Waals surface area contributed by atoms with Gasteiger partial charge in [-0.1, -0.05) is 26.2 Å². The van der Waals surface area contributed by atoms with Gasteiger partial charge in [0.15, 0.2) is 5.78 Å². The molecule has 0 aliphatic rings. The Morgan fingerprint density at radius 3 is 2.29 bits per heavy atom. The van der Waals surface area contributed by atoms with Crippen LogP contribution in [0.25, 0.3) is 0 Å². The summed E-state index contributed by atoms with van der Waals surface area (Å²) in [6.45, 7) is 1.96. The number of hydrogen-bond acceptors (Lipinski definition) is 2. The van der Waals surface area contributed by atoms with Crippen molar-refractivity contribution in [1.29, 1.82) is 0 Å². The third-order valence-corrected chi connectivity index (χ3v) is 1.89. The topological polar surface area (TPSA) is 37.3 Å². The lowest BCUT2D eigenvalue weighted by atomic mass is 10.1. The maximum Gasteiger partial charge on any atom is 0.421 e. The SMILES string of the molecule is CCCCCCC(=O)[C@H](O)C(F)(F)F. The molecule has 0 unspecified atom stereocenters. The van der Waals surface area contributed by atoms with Gasteiger partial charge in [0.25, 0.3) is 0 Å². The summed E-state index contributed by atoms with van der Waals surface area (Å²) < 4.78 is 35.4. The Morgan fingerprint density at radius 2 is 1.86 bits per heavy atom. The number of carbonyl (C=O) groups is 1. The zero-order valence-corrected chi connectivity index (χ0v) is 8.10. The summed E-state index contributed by atoms with van der Waals surface area (Å²) in [5.74, 6) is -1.13. The van der Waals surface area contributed by atoms with E-state index in [9.17, 15) is 18.0 Å².